The van der Waals surface area contributed by atoms with Gasteiger partial charge in [0.05, 0.1) is 5.56 Å². The van der Waals surface area contributed by atoms with Crippen molar-refractivity contribution in [3.8, 4) is 0 Å². The van der Waals surface area contributed by atoms with E-state index < -0.39 is 11.7 Å². The molecule has 1 saturated carbocycles. The van der Waals surface area contributed by atoms with Crippen LogP contribution >= 0.6 is 0 Å². The summed E-state index contributed by atoms with van der Waals surface area (Å²) in [4.78, 5) is 14.5. The van der Waals surface area contributed by atoms with Crippen LogP contribution < -0.4 is 5.73 Å². The van der Waals surface area contributed by atoms with Gasteiger partial charge in [-0.05, 0) is 55.7 Å². The van der Waals surface area contributed by atoms with Crippen LogP contribution in [0.15, 0.2) is 24.3 Å². The SMILES string of the molecule is C[C@H](N)[C@@H]1CCCN(C(=O)[C@@H]2C[C@H]2c2ccc(C(F)(F)F)cc2)C1. The van der Waals surface area contributed by atoms with E-state index in [2.05, 4.69) is 0 Å². The zero-order valence-electron chi connectivity index (χ0n) is 13.7. The normalized spacial score (nSPS) is 28.5. The van der Waals surface area contributed by atoms with Gasteiger partial charge in [0, 0.05) is 25.0 Å². The van der Waals surface area contributed by atoms with Crippen LogP contribution in [0.2, 0.25) is 0 Å². The Hall–Kier alpha value is -1.56. The summed E-state index contributed by atoms with van der Waals surface area (Å²) in [5, 5.41) is 0. The van der Waals surface area contributed by atoms with Crippen molar-refractivity contribution in [3.05, 3.63) is 35.4 Å². The van der Waals surface area contributed by atoms with E-state index in [0.717, 1.165) is 43.5 Å². The van der Waals surface area contributed by atoms with Gasteiger partial charge in [0.25, 0.3) is 0 Å². The van der Waals surface area contributed by atoms with Crippen LogP contribution in [0.1, 0.15) is 43.2 Å². The fourth-order valence-electron chi connectivity index (χ4n) is 3.63. The first-order valence-electron chi connectivity index (χ1n) is 8.49. The molecule has 1 aliphatic carbocycles. The molecule has 2 aliphatic rings. The van der Waals surface area contributed by atoms with E-state index in [-0.39, 0.29) is 23.8 Å². The summed E-state index contributed by atoms with van der Waals surface area (Å²) in [5.74, 6) is 0.431. The molecule has 3 nitrogen and oxygen atoms in total. The Labute approximate surface area is 140 Å². The van der Waals surface area contributed by atoms with Crippen LogP contribution in [-0.4, -0.2) is 29.9 Å². The Bertz CT molecular complexity index is 597. The van der Waals surface area contributed by atoms with E-state index in [4.69, 9.17) is 5.73 Å². The number of rotatable bonds is 3. The van der Waals surface area contributed by atoms with Gasteiger partial charge in [-0.25, -0.2) is 0 Å². The molecule has 4 atom stereocenters. The fraction of sp³-hybridized carbons (Fsp3) is 0.611. The third-order valence-electron chi connectivity index (χ3n) is 5.29. The van der Waals surface area contributed by atoms with Gasteiger partial charge in [0.15, 0.2) is 0 Å². The predicted octanol–water partition coefficient (Wildman–Crippen LogP) is 3.39. The summed E-state index contributed by atoms with van der Waals surface area (Å²) in [6, 6.07) is 5.28. The standard InChI is InChI=1S/C18H23F3N2O/c1-11(22)13-3-2-8-23(10-13)17(24)16-9-15(16)12-4-6-14(7-5-12)18(19,20)21/h4-7,11,13,15-16H,2-3,8-10,22H2,1H3/t11-,13+,15-,16+/m0/s1. The van der Waals surface area contributed by atoms with Gasteiger partial charge in [-0.1, -0.05) is 12.1 Å². The minimum absolute atomic E-state index is 0.0514. The van der Waals surface area contributed by atoms with Gasteiger partial charge < -0.3 is 10.6 Å². The molecule has 24 heavy (non-hydrogen) atoms. The predicted molar refractivity (Wildman–Crippen MR) is 85.2 cm³/mol. The average molecular weight is 340 g/mol. The molecule has 1 heterocycles. The van der Waals surface area contributed by atoms with E-state index in [1.807, 2.05) is 11.8 Å². The van der Waals surface area contributed by atoms with Crippen LogP contribution in [0.25, 0.3) is 0 Å². The second-order valence-electron chi connectivity index (χ2n) is 7.11. The third-order valence-corrected chi connectivity index (χ3v) is 5.29. The molecular weight excluding hydrogens is 317 g/mol. The number of amides is 1. The fourth-order valence-corrected chi connectivity index (χ4v) is 3.63. The maximum atomic E-state index is 12.6. The highest BCUT2D eigenvalue weighted by Gasteiger charge is 2.46. The lowest BCUT2D eigenvalue weighted by atomic mass is 9.92. The zero-order chi connectivity index (χ0) is 17.5. The lowest BCUT2D eigenvalue weighted by Crippen LogP contribution is -2.45. The van der Waals surface area contributed by atoms with E-state index in [1.165, 1.54) is 12.1 Å². The highest BCUT2D eigenvalue weighted by Crippen LogP contribution is 2.49. The number of halogens is 3. The Kier molecular flexibility index (Phi) is 4.60. The molecule has 6 heteroatoms. The highest BCUT2D eigenvalue weighted by molar-refractivity contribution is 5.83. The molecule has 2 N–H and O–H groups in total. The van der Waals surface area contributed by atoms with Crippen LogP contribution in [-0.2, 0) is 11.0 Å². The van der Waals surface area contributed by atoms with Crippen LogP contribution in [0, 0.1) is 11.8 Å². The third kappa shape index (κ3) is 3.58. The average Bonchev–Trinajstić information content (AvgIpc) is 3.34. The van der Waals surface area contributed by atoms with Gasteiger partial charge in [0.1, 0.15) is 0 Å². The molecule has 3 rings (SSSR count). The van der Waals surface area contributed by atoms with Crippen molar-refractivity contribution in [1.82, 2.24) is 4.90 Å². The second kappa shape index (κ2) is 6.39. The van der Waals surface area contributed by atoms with Crippen molar-refractivity contribution in [2.45, 2.75) is 44.3 Å². The van der Waals surface area contributed by atoms with Crippen LogP contribution in [0.5, 0.6) is 0 Å². The number of benzene rings is 1. The Morgan fingerprint density at radius 2 is 1.96 bits per heavy atom. The van der Waals surface area contributed by atoms with Gasteiger partial charge in [0.2, 0.25) is 5.91 Å². The maximum absolute atomic E-state index is 12.6. The summed E-state index contributed by atoms with van der Waals surface area (Å²) >= 11 is 0. The molecule has 1 aromatic carbocycles. The number of piperidine rings is 1. The molecule has 1 saturated heterocycles. The number of carbonyl (C=O) groups is 1. The van der Waals surface area contributed by atoms with Crippen molar-refractivity contribution in [2.75, 3.05) is 13.1 Å². The lowest BCUT2D eigenvalue weighted by Gasteiger charge is -2.34. The van der Waals surface area contributed by atoms with E-state index >= 15 is 0 Å². The molecule has 1 aliphatic heterocycles. The molecule has 0 unspecified atom stereocenters. The second-order valence-corrected chi connectivity index (χ2v) is 7.11. The smallest absolute Gasteiger partial charge is 0.342 e. The number of nitrogens with two attached hydrogens (primary N) is 1. The van der Waals surface area contributed by atoms with E-state index in [1.54, 1.807) is 0 Å². The maximum Gasteiger partial charge on any atom is 0.416 e. The van der Waals surface area contributed by atoms with Crippen molar-refractivity contribution < 1.29 is 18.0 Å². The van der Waals surface area contributed by atoms with Crippen LogP contribution in [0.3, 0.4) is 0 Å². The molecule has 0 bridgehead atoms. The summed E-state index contributed by atoms with van der Waals surface area (Å²) in [6.45, 7) is 3.44. The van der Waals surface area contributed by atoms with Crippen molar-refractivity contribution in [3.63, 3.8) is 0 Å². The zero-order valence-corrected chi connectivity index (χ0v) is 13.7. The highest BCUT2D eigenvalue weighted by atomic mass is 19.4. The van der Waals surface area contributed by atoms with E-state index in [9.17, 15) is 18.0 Å². The Morgan fingerprint density at radius 3 is 2.54 bits per heavy atom. The van der Waals surface area contributed by atoms with Crippen molar-refractivity contribution >= 4 is 5.91 Å². The Balaban J connectivity index is 1.61. The first kappa shape index (κ1) is 17.3. The lowest BCUT2D eigenvalue weighted by molar-refractivity contribution is -0.137. The molecule has 2 fully saturated rings. The minimum atomic E-state index is -4.32. The largest absolute Gasteiger partial charge is 0.416 e. The molecule has 0 spiro atoms. The van der Waals surface area contributed by atoms with Crippen LogP contribution in [0.4, 0.5) is 13.2 Å². The number of likely N-dealkylation sites (tertiary alicyclic amines) is 1. The first-order chi connectivity index (χ1) is 11.3. The van der Waals surface area contributed by atoms with E-state index in [0.29, 0.717) is 12.5 Å². The number of alkyl halides is 3. The Morgan fingerprint density at radius 1 is 1.29 bits per heavy atom. The topological polar surface area (TPSA) is 46.3 Å². The molecular formula is C18H23F3N2O. The van der Waals surface area contributed by atoms with Crippen molar-refractivity contribution in [1.29, 1.82) is 0 Å². The number of nitrogens with zero attached hydrogens (tertiary/aromatic N) is 1. The van der Waals surface area contributed by atoms with Gasteiger partial charge in [-0.3, -0.25) is 4.79 Å². The van der Waals surface area contributed by atoms with Gasteiger partial charge >= 0.3 is 6.18 Å². The molecule has 0 aromatic heterocycles. The first-order valence-corrected chi connectivity index (χ1v) is 8.49. The number of carbonyl (C=O) groups excluding carboxylic acids is 1. The summed E-state index contributed by atoms with van der Waals surface area (Å²) < 4.78 is 37.8. The quantitative estimate of drug-likeness (QED) is 0.917. The number of hydrogen-bond donors (Lipinski definition) is 1. The summed E-state index contributed by atoms with van der Waals surface area (Å²) in [7, 11) is 0. The monoisotopic (exact) mass is 340 g/mol. The van der Waals surface area contributed by atoms with Gasteiger partial charge in [-0.2, -0.15) is 13.2 Å². The molecule has 0 radical (unpaired) electrons. The van der Waals surface area contributed by atoms with Crippen molar-refractivity contribution in [2.24, 2.45) is 17.6 Å². The summed E-state index contributed by atoms with van der Waals surface area (Å²) in [5.41, 5.74) is 6.13. The number of hydrogen-bond acceptors (Lipinski definition) is 2. The molecule has 1 amide bonds. The summed E-state index contributed by atoms with van der Waals surface area (Å²) in [6.07, 6.45) is -1.58. The molecule has 132 valence electrons. The molecule has 1 aromatic rings. The van der Waals surface area contributed by atoms with Gasteiger partial charge in [-0.15, -0.1) is 0 Å². The minimum Gasteiger partial charge on any atom is -0.342 e.